The Morgan fingerprint density at radius 3 is 2.00 bits per heavy atom. The average Bonchev–Trinajstić information content (AvgIpc) is 2.39. The number of phosphoric ester groups is 1. The van der Waals surface area contributed by atoms with E-state index in [1.807, 2.05) is 0 Å². The van der Waals surface area contributed by atoms with Gasteiger partial charge in [-0.25, -0.2) is 9.36 Å². The smallest absolute Gasteiger partial charge is 0.736 e. The topological polar surface area (TPSA) is 75.7 Å². The molecule has 0 heterocycles. The van der Waals surface area contributed by atoms with Crippen molar-refractivity contribution in [2.24, 2.45) is 0 Å². The first-order chi connectivity index (χ1) is 9.07. The molecule has 0 saturated heterocycles. The maximum absolute atomic E-state index is 11.6. The van der Waals surface area contributed by atoms with Gasteiger partial charge >= 0.3 is 43.3 Å². The van der Waals surface area contributed by atoms with Gasteiger partial charge in [0.15, 0.2) is 0 Å². The Morgan fingerprint density at radius 1 is 0.950 bits per heavy atom. The molecule has 0 N–H and O–H groups in total. The van der Waals surface area contributed by atoms with E-state index in [0.717, 1.165) is 0 Å². The number of carbonyl (C=O) groups is 1. The molecular weight excluding hydrogens is 290 g/mol. The van der Waals surface area contributed by atoms with E-state index in [4.69, 9.17) is 0 Å². The normalized spacial score (nSPS) is 12.7. The molecule has 0 aromatic heterocycles. The van der Waals surface area contributed by atoms with Crippen LogP contribution in [-0.4, -0.2) is 5.97 Å². The minimum Gasteiger partial charge on any atom is -0.736 e. The van der Waals surface area contributed by atoms with E-state index >= 15 is 0 Å². The van der Waals surface area contributed by atoms with E-state index in [9.17, 15) is 14.3 Å². The van der Waals surface area contributed by atoms with Crippen LogP contribution < -0.4 is 39.0 Å². The SMILES string of the molecule is O=C(OP(=O)([O-])Oc1ccccc1)c1ccccc1.[Na+]. The molecule has 0 radical (unpaired) electrons. The molecular formula is C13H10NaO5P. The van der Waals surface area contributed by atoms with Gasteiger partial charge < -0.3 is 13.9 Å². The van der Waals surface area contributed by atoms with Gasteiger partial charge in [-0.15, -0.1) is 0 Å². The van der Waals surface area contributed by atoms with Gasteiger partial charge in [-0.05, 0) is 24.3 Å². The Morgan fingerprint density at radius 2 is 1.45 bits per heavy atom. The molecule has 0 amide bonds. The maximum atomic E-state index is 11.6. The van der Waals surface area contributed by atoms with Crippen molar-refractivity contribution >= 4 is 13.8 Å². The molecule has 2 aromatic carbocycles. The zero-order chi connectivity index (χ0) is 13.7. The Hall–Kier alpha value is -1.10. The number of rotatable bonds is 4. The fourth-order valence-corrected chi connectivity index (χ4v) is 2.08. The Kier molecular flexibility index (Phi) is 6.46. The molecule has 0 fully saturated rings. The summed E-state index contributed by atoms with van der Waals surface area (Å²) in [7, 11) is -4.74. The Bertz CT molecular complexity index is 603. The molecule has 7 heteroatoms. The van der Waals surface area contributed by atoms with Crippen LogP contribution in [-0.2, 0) is 9.09 Å². The summed E-state index contributed by atoms with van der Waals surface area (Å²) in [6.07, 6.45) is 0. The van der Waals surface area contributed by atoms with Gasteiger partial charge in [0.25, 0.3) is 0 Å². The van der Waals surface area contributed by atoms with Gasteiger partial charge in [0.05, 0.1) is 5.56 Å². The fraction of sp³-hybridized carbons (Fsp3) is 0. The first kappa shape index (κ1) is 17.0. The van der Waals surface area contributed by atoms with Gasteiger partial charge in [0.2, 0.25) is 0 Å². The van der Waals surface area contributed by atoms with E-state index in [2.05, 4.69) is 9.05 Å². The van der Waals surface area contributed by atoms with Gasteiger partial charge in [-0.2, -0.15) is 0 Å². The standard InChI is InChI=1S/C13H11O5P.Na/c14-13(11-7-3-1-4-8-11)18-19(15,16)17-12-9-5-2-6-10-12;/h1-10H,(H,15,16);/q;+1/p-1. The molecule has 1 atom stereocenters. The third-order valence-corrected chi connectivity index (χ3v) is 2.99. The van der Waals surface area contributed by atoms with Crippen molar-refractivity contribution in [1.82, 2.24) is 0 Å². The van der Waals surface area contributed by atoms with Crippen LogP contribution >= 0.6 is 7.82 Å². The van der Waals surface area contributed by atoms with Crippen molar-refractivity contribution in [3.63, 3.8) is 0 Å². The molecule has 5 nitrogen and oxygen atoms in total. The van der Waals surface area contributed by atoms with Gasteiger partial charge in [-0.3, -0.25) is 0 Å². The summed E-state index contributed by atoms with van der Waals surface area (Å²) in [6, 6.07) is 15.6. The molecule has 0 spiro atoms. The average molecular weight is 300 g/mol. The minimum atomic E-state index is -4.74. The van der Waals surface area contributed by atoms with E-state index in [1.165, 1.54) is 24.3 Å². The third-order valence-electron chi connectivity index (χ3n) is 2.16. The van der Waals surface area contributed by atoms with Crippen molar-refractivity contribution in [1.29, 1.82) is 0 Å². The zero-order valence-electron chi connectivity index (χ0n) is 10.8. The van der Waals surface area contributed by atoms with Crippen molar-refractivity contribution in [2.45, 2.75) is 0 Å². The summed E-state index contributed by atoms with van der Waals surface area (Å²) in [6.45, 7) is 0. The van der Waals surface area contributed by atoms with E-state index in [-0.39, 0.29) is 40.9 Å². The second-order valence-corrected chi connectivity index (χ2v) is 4.86. The predicted molar refractivity (Wildman–Crippen MR) is 66.5 cm³/mol. The number of para-hydroxylation sites is 1. The molecule has 0 bridgehead atoms. The van der Waals surface area contributed by atoms with Gasteiger partial charge in [-0.1, -0.05) is 36.4 Å². The van der Waals surface area contributed by atoms with Crippen molar-refractivity contribution < 1.29 is 52.9 Å². The van der Waals surface area contributed by atoms with Crippen LogP contribution in [0.3, 0.4) is 0 Å². The van der Waals surface area contributed by atoms with Gasteiger partial charge in [0.1, 0.15) is 5.75 Å². The van der Waals surface area contributed by atoms with Gasteiger partial charge in [0, 0.05) is 0 Å². The number of benzene rings is 2. The fourth-order valence-electron chi connectivity index (χ4n) is 1.36. The quantitative estimate of drug-likeness (QED) is 0.556. The van der Waals surface area contributed by atoms with Crippen molar-refractivity contribution in [2.75, 3.05) is 0 Å². The molecule has 20 heavy (non-hydrogen) atoms. The largest absolute Gasteiger partial charge is 1.00 e. The third kappa shape index (κ3) is 5.12. The second kappa shape index (κ2) is 7.62. The first-order valence-electron chi connectivity index (χ1n) is 5.41. The van der Waals surface area contributed by atoms with E-state index in [1.54, 1.807) is 36.4 Å². The number of carbonyl (C=O) groups excluding carboxylic acids is 1. The molecule has 0 saturated carbocycles. The van der Waals surface area contributed by atoms with Crippen LogP contribution in [0.4, 0.5) is 0 Å². The minimum absolute atomic E-state index is 0. The molecule has 0 aliphatic rings. The van der Waals surface area contributed by atoms with Crippen molar-refractivity contribution in [3.05, 3.63) is 66.2 Å². The summed E-state index contributed by atoms with van der Waals surface area (Å²) < 4.78 is 20.6. The monoisotopic (exact) mass is 300 g/mol. The van der Waals surface area contributed by atoms with Crippen LogP contribution in [0.1, 0.15) is 10.4 Å². The summed E-state index contributed by atoms with van der Waals surface area (Å²) in [5.41, 5.74) is 0.134. The number of hydrogen-bond acceptors (Lipinski definition) is 5. The second-order valence-electron chi connectivity index (χ2n) is 3.60. The van der Waals surface area contributed by atoms with Crippen LogP contribution in [0, 0.1) is 0 Å². The van der Waals surface area contributed by atoms with E-state index < -0.39 is 13.8 Å². The summed E-state index contributed by atoms with van der Waals surface area (Å²) in [5, 5.41) is 0. The summed E-state index contributed by atoms with van der Waals surface area (Å²) in [4.78, 5) is 23.1. The molecule has 0 aliphatic carbocycles. The van der Waals surface area contributed by atoms with Crippen molar-refractivity contribution in [3.8, 4) is 5.75 Å². The maximum Gasteiger partial charge on any atom is 1.00 e. The molecule has 2 aromatic rings. The van der Waals surface area contributed by atoms with E-state index in [0.29, 0.717) is 0 Å². The number of hydrogen-bond donors (Lipinski definition) is 0. The molecule has 2 rings (SSSR count). The Labute approximate surface area is 138 Å². The van der Waals surface area contributed by atoms with Crippen LogP contribution in [0.2, 0.25) is 0 Å². The van der Waals surface area contributed by atoms with Crippen LogP contribution in [0.5, 0.6) is 5.75 Å². The zero-order valence-corrected chi connectivity index (χ0v) is 13.7. The van der Waals surface area contributed by atoms with Crippen LogP contribution in [0.15, 0.2) is 60.7 Å². The molecule has 0 aliphatic heterocycles. The number of phosphoric acid groups is 1. The Balaban J connectivity index is 0.00000200. The van der Waals surface area contributed by atoms with Crippen LogP contribution in [0.25, 0.3) is 0 Å². The molecule has 98 valence electrons. The first-order valence-corrected chi connectivity index (χ1v) is 6.87. The summed E-state index contributed by atoms with van der Waals surface area (Å²) >= 11 is 0. The molecule has 1 unspecified atom stereocenters. The summed E-state index contributed by atoms with van der Waals surface area (Å²) in [5.74, 6) is -0.892. The predicted octanol–water partition coefficient (Wildman–Crippen LogP) is -0.605.